The van der Waals surface area contributed by atoms with Gasteiger partial charge in [-0.1, -0.05) is 0 Å². The summed E-state index contributed by atoms with van der Waals surface area (Å²) in [6.45, 7) is 4.81. The lowest BCUT2D eigenvalue weighted by Gasteiger charge is -2.33. The van der Waals surface area contributed by atoms with E-state index in [1.807, 2.05) is 21.9 Å². The quantitative estimate of drug-likeness (QED) is 0.793. The van der Waals surface area contributed by atoms with E-state index >= 15 is 0 Å². The second-order valence-corrected chi connectivity index (χ2v) is 7.18. The van der Waals surface area contributed by atoms with E-state index in [-0.39, 0.29) is 18.0 Å². The van der Waals surface area contributed by atoms with E-state index in [9.17, 15) is 9.59 Å². The number of ether oxygens (including phenoxy) is 2. The Morgan fingerprint density at radius 1 is 1.30 bits per heavy atom. The minimum atomic E-state index is -0.0197. The van der Waals surface area contributed by atoms with Gasteiger partial charge >= 0.3 is 6.03 Å². The monoisotopic (exact) mass is 374 g/mol. The van der Waals surface area contributed by atoms with Gasteiger partial charge in [-0.25, -0.2) is 4.79 Å². The Morgan fingerprint density at radius 3 is 2.89 bits per heavy atom. The predicted molar refractivity (Wildman–Crippen MR) is 97.3 cm³/mol. The molecule has 1 aromatic rings. The van der Waals surface area contributed by atoms with Crippen molar-refractivity contribution in [2.45, 2.75) is 25.4 Å². The summed E-state index contributed by atoms with van der Waals surface area (Å²) < 4.78 is 10.4. The van der Waals surface area contributed by atoms with Crippen molar-refractivity contribution in [1.82, 2.24) is 19.7 Å². The SMILES string of the molecule is COCCN1Cc2nc(C3CCCN3C(=O)N3CCOCC3)ccc2C1=O. The molecule has 3 aliphatic rings. The minimum absolute atomic E-state index is 0.00812. The highest BCUT2D eigenvalue weighted by Crippen LogP contribution is 2.33. The fraction of sp³-hybridized carbons (Fsp3) is 0.632. The maximum Gasteiger partial charge on any atom is 0.320 e. The van der Waals surface area contributed by atoms with Crippen LogP contribution in [0.2, 0.25) is 0 Å². The molecule has 146 valence electrons. The number of carbonyl (C=O) groups is 2. The van der Waals surface area contributed by atoms with Crippen molar-refractivity contribution in [2.24, 2.45) is 0 Å². The molecule has 0 radical (unpaired) electrons. The maximum atomic E-state index is 12.9. The molecule has 2 saturated heterocycles. The number of fused-ring (bicyclic) bond motifs is 1. The molecule has 4 heterocycles. The van der Waals surface area contributed by atoms with Crippen molar-refractivity contribution in [3.8, 4) is 0 Å². The normalized spacial score (nSPS) is 22.5. The molecule has 0 N–H and O–H groups in total. The molecule has 1 unspecified atom stereocenters. The van der Waals surface area contributed by atoms with Gasteiger partial charge in [0.15, 0.2) is 0 Å². The molecule has 27 heavy (non-hydrogen) atoms. The van der Waals surface area contributed by atoms with Crippen molar-refractivity contribution < 1.29 is 19.1 Å². The number of nitrogens with zero attached hydrogens (tertiary/aromatic N) is 4. The summed E-state index contributed by atoms with van der Waals surface area (Å²) in [7, 11) is 1.63. The van der Waals surface area contributed by atoms with Crippen LogP contribution in [0.1, 0.15) is 40.6 Å². The Hall–Kier alpha value is -2.19. The van der Waals surface area contributed by atoms with Gasteiger partial charge < -0.3 is 24.2 Å². The smallest absolute Gasteiger partial charge is 0.320 e. The van der Waals surface area contributed by atoms with Crippen LogP contribution >= 0.6 is 0 Å². The number of urea groups is 1. The van der Waals surface area contributed by atoms with Crippen LogP contribution in [-0.4, -0.2) is 84.7 Å². The third-order valence-corrected chi connectivity index (χ3v) is 5.54. The zero-order valence-corrected chi connectivity index (χ0v) is 15.7. The molecule has 8 heteroatoms. The largest absolute Gasteiger partial charge is 0.383 e. The molecule has 0 aromatic carbocycles. The van der Waals surface area contributed by atoms with Crippen LogP contribution in [-0.2, 0) is 16.0 Å². The van der Waals surface area contributed by atoms with Crippen molar-refractivity contribution >= 4 is 11.9 Å². The van der Waals surface area contributed by atoms with Gasteiger partial charge in [-0.2, -0.15) is 0 Å². The van der Waals surface area contributed by atoms with Gasteiger partial charge in [0.05, 0.1) is 49.4 Å². The van der Waals surface area contributed by atoms with Crippen LogP contribution in [0.5, 0.6) is 0 Å². The first-order valence-corrected chi connectivity index (χ1v) is 9.60. The number of hydrogen-bond donors (Lipinski definition) is 0. The number of amides is 3. The standard InChI is InChI=1S/C19H26N4O4/c1-26-10-7-22-13-16-14(18(22)24)4-5-15(20-16)17-3-2-6-23(17)19(25)21-8-11-27-12-9-21/h4-5,17H,2-3,6-13H2,1H3. The average Bonchev–Trinajstić information content (AvgIpc) is 3.31. The molecule has 3 amide bonds. The van der Waals surface area contributed by atoms with Crippen molar-refractivity contribution in [1.29, 1.82) is 0 Å². The molecule has 3 aliphatic heterocycles. The van der Waals surface area contributed by atoms with Gasteiger partial charge in [-0.3, -0.25) is 9.78 Å². The fourth-order valence-electron chi connectivity index (χ4n) is 4.06. The summed E-state index contributed by atoms with van der Waals surface area (Å²) in [5.41, 5.74) is 2.35. The van der Waals surface area contributed by atoms with E-state index in [1.165, 1.54) is 0 Å². The first-order valence-electron chi connectivity index (χ1n) is 9.60. The third-order valence-electron chi connectivity index (χ3n) is 5.54. The topological polar surface area (TPSA) is 75.2 Å². The summed E-state index contributed by atoms with van der Waals surface area (Å²) >= 11 is 0. The Kier molecular flexibility index (Phi) is 5.27. The summed E-state index contributed by atoms with van der Waals surface area (Å²) in [5.74, 6) is 0.00812. The molecule has 8 nitrogen and oxygen atoms in total. The molecule has 0 spiro atoms. The summed E-state index contributed by atoms with van der Waals surface area (Å²) in [5, 5.41) is 0. The van der Waals surface area contributed by atoms with E-state index < -0.39 is 0 Å². The van der Waals surface area contributed by atoms with Crippen LogP contribution in [0.3, 0.4) is 0 Å². The number of pyridine rings is 1. The first kappa shape index (κ1) is 18.2. The minimum Gasteiger partial charge on any atom is -0.383 e. The summed E-state index contributed by atoms with van der Waals surface area (Å²) in [4.78, 5) is 35.7. The Labute approximate surface area is 159 Å². The van der Waals surface area contributed by atoms with E-state index in [4.69, 9.17) is 14.5 Å². The molecule has 0 aliphatic carbocycles. The van der Waals surface area contributed by atoms with Crippen molar-refractivity contribution in [3.05, 3.63) is 29.1 Å². The van der Waals surface area contributed by atoms with Crippen molar-refractivity contribution in [2.75, 3.05) is 53.1 Å². The lowest BCUT2D eigenvalue weighted by Crippen LogP contribution is -2.48. The second-order valence-electron chi connectivity index (χ2n) is 7.18. The van der Waals surface area contributed by atoms with E-state index in [0.29, 0.717) is 51.6 Å². The number of rotatable bonds is 4. The molecule has 4 rings (SSSR count). The molecule has 0 bridgehead atoms. The van der Waals surface area contributed by atoms with E-state index in [0.717, 1.165) is 30.8 Å². The molecule has 1 atom stereocenters. The number of likely N-dealkylation sites (tertiary alicyclic amines) is 1. The highest BCUT2D eigenvalue weighted by molar-refractivity contribution is 5.97. The zero-order valence-electron chi connectivity index (χ0n) is 15.7. The molecule has 0 saturated carbocycles. The average molecular weight is 374 g/mol. The lowest BCUT2D eigenvalue weighted by atomic mass is 10.1. The Morgan fingerprint density at radius 2 is 2.11 bits per heavy atom. The summed E-state index contributed by atoms with van der Waals surface area (Å²) in [6, 6.07) is 3.82. The molecule has 1 aromatic heterocycles. The molecular weight excluding hydrogens is 348 g/mol. The number of hydrogen-bond acceptors (Lipinski definition) is 5. The Balaban J connectivity index is 1.50. The van der Waals surface area contributed by atoms with E-state index in [2.05, 4.69) is 0 Å². The van der Waals surface area contributed by atoms with Crippen LogP contribution in [0.15, 0.2) is 12.1 Å². The van der Waals surface area contributed by atoms with Gasteiger partial charge in [-0.15, -0.1) is 0 Å². The number of aromatic nitrogens is 1. The van der Waals surface area contributed by atoms with Gasteiger partial charge in [0.2, 0.25) is 0 Å². The van der Waals surface area contributed by atoms with Crippen LogP contribution < -0.4 is 0 Å². The van der Waals surface area contributed by atoms with Gasteiger partial charge in [0.1, 0.15) is 0 Å². The van der Waals surface area contributed by atoms with Crippen LogP contribution in [0, 0.1) is 0 Å². The maximum absolute atomic E-state index is 12.9. The highest BCUT2D eigenvalue weighted by atomic mass is 16.5. The zero-order chi connectivity index (χ0) is 18.8. The van der Waals surface area contributed by atoms with Crippen LogP contribution in [0.4, 0.5) is 4.79 Å². The van der Waals surface area contributed by atoms with Crippen molar-refractivity contribution in [3.63, 3.8) is 0 Å². The first-order chi connectivity index (χ1) is 13.2. The third kappa shape index (κ3) is 3.51. The fourth-order valence-corrected chi connectivity index (χ4v) is 4.06. The van der Waals surface area contributed by atoms with Gasteiger partial charge in [-0.05, 0) is 25.0 Å². The Bertz CT molecular complexity index is 720. The number of morpholine rings is 1. The van der Waals surface area contributed by atoms with Gasteiger partial charge in [0, 0.05) is 33.3 Å². The lowest BCUT2D eigenvalue weighted by molar-refractivity contribution is 0.0420. The second kappa shape index (κ2) is 7.82. The predicted octanol–water partition coefficient (Wildman–Crippen LogP) is 1.27. The number of methoxy groups -OCH3 is 1. The number of carbonyl (C=O) groups excluding carboxylic acids is 2. The van der Waals surface area contributed by atoms with E-state index in [1.54, 1.807) is 12.0 Å². The highest BCUT2D eigenvalue weighted by Gasteiger charge is 2.36. The van der Waals surface area contributed by atoms with Gasteiger partial charge in [0.25, 0.3) is 5.91 Å². The summed E-state index contributed by atoms with van der Waals surface area (Å²) in [6.07, 6.45) is 1.88. The molecule has 2 fully saturated rings. The molecular formula is C19H26N4O4. The van der Waals surface area contributed by atoms with Crippen LogP contribution in [0.25, 0.3) is 0 Å².